The molecule has 19 heavy (non-hydrogen) atoms. The summed E-state index contributed by atoms with van der Waals surface area (Å²) in [5.41, 5.74) is 4.13. The van der Waals surface area contributed by atoms with Crippen LogP contribution in [0.3, 0.4) is 0 Å². The average Bonchev–Trinajstić information content (AvgIpc) is 2.44. The van der Waals surface area contributed by atoms with Gasteiger partial charge >= 0.3 is 5.97 Å². The van der Waals surface area contributed by atoms with Crippen LogP contribution in [-0.4, -0.2) is 12.6 Å². The van der Waals surface area contributed by atoms with Gasteiger partial charge in [-0.2, -0.15) is 0 Å². The van der Waals surface area contributed by atoms with Gasteiger partial charge in [0.25, 0.3) is 0 Å². The number of esters is 1. The summed E-state index contributed by atoms with van der Waals surface area (Å²) in [6, 6.07) is 13.4. The molecule has 1 aliphatic heterocycles. The first-order valence-corrected chi connectivity index (χ1v) is 6.23. The Morgan fingerprint density at radius 1 is 1.00 bits per heavy atom. The van der Waals surface area contributed by atoms with E-state index in [9.17, 15) is 4.79 Å². The molecule has 2 aromatic carbocycles. The number of benzene rings is 2. The number of anilines is 4. The number of rotatable bonds is 2. The zero-order valence-electron chi connectivity index (χ0n) is 10.6. The van der Waals surface area contributed by atoms with Gasteiger partial charge in [-0.1, -0.05) is 18.2 Å². The molecule has 0 fully saturated rings. The predicted molar refractivity (Wildman–Crippen MR) is 75.4 cm³/mol. The summed E-state index contributed by atoms with van der Waals surface area (Å²) in [7, 11) is 0. The first-order valence-electron chi connectivity index (χ1n) is 6.23. The molecule has 0 saturated heterocycles. The highest BCUT2D eigenvalue weighted by molar-refractivity contribution is 6.03. The van der Waals surface area contributed by atoms with Gasteiger partial charge in [-0.05, 0) is 31.2 Å². The lowest BCUT2D eigenvalue weighted by Gasteiger charge is -2.24. The Labute approximate surface area is 111 Å². The van der Waals surface area contributed by atoms with Crippen LogP contribution in [0.1, 0.15) is 17.3 Å². The molecule has 0 aliphatic carbocycles. The second-order valence-electron chi connectivity index (χ2n) is 4.24. The maximum Gasteiger partial charge on any atom is 0.340 e. The van der Waals surface area contributed by atoms with E-state index in [1.807, 2.05) is 36.4 Å². The van der Waals surface area contributed by atoms with Gasteiger partial charge < -0.3 is 15.4 Å². The van der Waals surface area contributed by atoms with Crippen molar-refractivity contribution in [1.29, 1.82) is 0 Å². The monoisotopic (exact) mass is 254 g/mol. The predicted octanol–water partition coefficient (Wildman–Crippen LogP) is 3.66. The first kappa shape index (κ1) is 11.6. The minimum atomic E-state index is -0.312. The molecule has 4 nitrogen and oxygen atoms in total. The molecule has 2 aromatic rings. The van der Waals surface area contributed by atoms with Crippen LogP contribution in [0.25, 0.3) is 0 Å². The van der Waals surface area contributed by atoms with Crippen molar-refractivity contribution in [3.05, 3.63) is 48.0 Å². The molecular formula is C15H14N2O2. The van der Waals surface area contributed by atoms with Crippen LogP contribution < -0.4 is 10.6 Å². The molecule has 0 radical (unpaired) electrons. The van der Waals surface area contributed by atoms with Crippen molar-refractivity contribution in [1.82, 2.24) is 0 Å². The summed E-state index contributed by atoms with van der Waals surface area (Å²) in [6.07, 6.45) is 0. The van der Waals surface area contributed by atoms with Gasteiger partial charge in [0.05, 0.1) is 34.9 Å². The molecule has 1 heterocycles. The summed E-state index contributed by atoms with van der Waals surface area (Å²) in [6.45, 7) is 2.17. The molecule has 2 N–H and O–H groups in total. The fraction of sp³-hybridized carbons (Fsp3) is 0.133. The van der Waals surface area contributed by atoms with Crippen LogP contribution in [-0.2, 0) is 4.74 Å². The van der Waals surface area contributed by atoms with Crippen molar-refractivity contribution < 1.29 is 9.53 Å². The lowest BCUT2D eigenvalue weighted by molar-refractivity contribution is 0.0527. The van der Waals surface area contributed by atoms with Crippen molar-refractivity contribution in [2.75, 3.05) is 17.2 Å². The Morgan fingerprint density at radius 3 is 2.42 bits per heavy atom. The lowest BCUT2D eigenvalue weighted by atomic mass is 10.1. The van der Waals surface area contributed by atoms with Crippen molar-refractivity contribution in [2.24, 2.45) is 0 Å². The third-order valence-corrected chi connectivity index (χ3v) is 3.02. The second kappa shape index (κ2) is 4.65. The summed E-state index contributed by atoms with van der Waals surface area (Å²) >= 11 is 0. The molecule has 0 unspecified atom stereocenters. The second-order valence-corrected chi connectivity index (χ2v) is 4.24. The number of hydrogen-bond acceptors (Lipinski definition) is 4. The average molecular weight is 254 g/mol. The molecule has 0 aromatic heterocycles. The summed E-state index contributed by atoms with van der Waals surface area (Å²) in [5.74, 6) is -0.312. The van der Waals surface area contributed by atoms with Crippen LogP contribution in [0, 0.1) is 0 Å². The highest BCUT2D eigenvalue weighted by atomic mass is 16.5. The molecule has 3 rings (SSSR count). The summed E-state index contributed by atoms with van der Waals surface area (Å²) in [4.78, 5) is 11.9. The van der Waals surface area contributed by atoms with Crippen LogP contribution in [0.15, 0.2) is 42.5 Å². The van der Waals surface area contributed by atoms with Crippen LogP contribution >= 0.6 is 0 Å². The van der Waals surface area contributed by atoms with E-state index in [0.717, 1.165) is 22.7 Å². The van der Waals surface area contributed by atoms with Gasteiger partial charge in [0.1, 0.15) is 0 Å². The van der Waals surface area contributed by atoms with E-state index in [4.69, 9.17) is 4.74 Å². The normalized spacial score (nSPS) is 11.6. The van der Waals surface area contributed by atoms with E-state index in [-0.39, 0.29) is 5.97 Å². The van der Waals surface area contributed by atoms with Gasteiger partial charge in [-0.25, -0.2) is 4.79 Å². The highest BCUT2D eigenvalue weighted by Crippen LogP contribution is 2.40. The Bertz CT molecular complexity index is 638. The fourth-order valence-electron chi connectivity index (χ4n) is 2.15. The third kappa shape index (κ3) is 2.01. The lowest BCUT2D eigenvalue weighted by Crippen LogP contribution is -2.13. The molecule has 96 valence electrons. The van der Waals surface area contributed by atoms with Crippen molar-refractivity contribution >= 4 is 28.7 Å². The Balaban J connectivity index is 2.03. The largest absolute Gasteiger partial charge is 0.462 e. The molecular weight excluding hydrogens is 240 g/mol. The molecule has 4 heteroatoms. The number of ether oxygens (including phenoxy) is 1. The van der Waals surface area contributed by atoms with E-state index in [0.29, 0.717) is 12.2 Å². The van der Waals surface area contributed by atoms with Gasteiger partial charge in [0.2, 0.25) is 0 Å². The van der Waals surface area contributed by atoms with Crippen molar-refractivity contribution in [3.8, 4) is 0 Å². The highest BCUT2D eigenvalue weighted by Gasteiger charge is 2.20. The van der Waals surface area contributed by atoms with E-state index in [2.05, 4.69) is 10.6 Å². The summed E-state index contributed by atoms with van der Waals surface area (Å²) in [5, 5.41) is 6.59. The van der Waals surface area contributed by atoms with Gasteiger partial charge in [-0.3, -0.25) is 0 Å². The zero-order chi connectivity index (χ0) is 13.2. The number of fused-ring (bicyclic) bond motifs is 2. The van der Waals surface area contributed by atoms with Crippen molar-refractivity contribution in [2.45, 2.75) is 6.92 Å². The standard InChI is InChI=1S/C15H14N2O2/c1-2-19-15(18)10-6-5-9-13-14(10)17-12-8-4-3-7-11(12)16-13/h3-9,16-17H,2H2,1H3. The smallest absolute Gasteiger partial charge is 0.340 e. The minimum Gasteiger partial charge on any atom is -0.462 e. The molecule has 1 aliphatic rings. The van der Waals surface area contributed by atoms with Crippen LogP contribution in [0.4, 0.5) is 22.7 Å². The van der Waals surface area contributed by atoms with Crippen LogP contribution in [0.2, 0.25) is 0 Å². The number of para-hydroxylation sites is 3. The first-order chi connectivity index (χ1) is 9.29. The van der Waals surface area contributed by atoms with E-state index >= 15 is 0 Å². The SMILES string of the molecule is CCOC(=O)c1cccc2c1Nc1ccccc1N2. The minimum absolute atomic E-state index is 0.312. The van der Waals surface area contributed by atoms with E-state index in [1.165, 1.54) is 0 Å². The number of carbonyl (C=O) groups is 1. The van der Waals surface area contributed by atoms with E-state index in [1.54, 1.807) is 13.0 Å². The number of nitrogens with one attached hydrogen (secondary N) is 2. The third-order valence-electron chi connectivity index (χ3n) is 3.02. The quantitative estimate of drug-likeness (QED) is 0.685. The maximum absolute atomic E-state index is 11.9. The fourth-order valence-corrected chi connectivity index (χ4v) is 2.15. The van der Waals surface area contributed by atoms with Gasteiger partial charge in [-0.15, -0.1) is 0 Å². The molecule has 0 amide bonds. The summed E-state index contributed by atoms with van der Waals surface area (Å²) < 4.78 is 5.08. The zero-order valence-corrected chi connectivity index (χ0v) is 10.6. The Kier molecular flexibility index (Phi) is 2.83. The molecule has 0 atom stereocenters. The van der Waals surface area contributed by atoms with Crippen molar-refractivity contribution in [3.63, 3.8) is 0 Å². The Morgan fingerprint density at radius 2 is 1.68 bits per heavy atom. The van der Waals surface area contributed by atoms with Crippen LogP contribution in [0.5, 0.6) is 0 Å². The van der Waals surface area contributed by atoms with Gasteiger partial charge in [0, 0.05) is 0 Å². The Hall–Kier alpha value is -2.49. The molecule has 0 bridgehead atoms. The number of hydrogen-bond donors (Lipinski definition) is 2. The molecule has 0 saturated carbocycles. The maximum atomic E-state index is 11.9. The van der Waals surface area contributed by atoms with E-state index < -0.39 is 0 Å². The number of carbonyl (C=O) groups excluding carboxylic acids is 1. The van der Waals surface area contributed by atoms with Gasteiger partial charge in [0.15, 0.2) is 0 Å². The molecule has 0 spiro atoms. The topological polar surface area (TPSA) is 50.4 Å².